The number of hydrogen-bond acceptors (Lipinski definition) is 3. The lowest BCUT2D eigenvalue weighted by Crippen LogP contribution is -2.33. The molecule has 2 aliphatic rings. The highest BCUT2D eigenvalue weighted by atomic mass is 16.5. The van der Waals surface area contributed by atoms with E-state index in [0.29, 0.717) is 12.5 Å². The van der Waals surface area contributed by atoms with Crippen LogP contribution in [0.1, 0.15) is 39.0 Å². The molecule has 0 saturated heterocycles. The van der Waals surface area contributed by atoms with E-state index >= 15 is 0 Å². The lowest BCUT2D eigenvalue weighted by Gasteiger charge is -2.26. The quantitative estimate of drug-likeness (QED) is 0.682. The molecule has 0 aromatic carbocycles. The van der Waals surface area contributed by atoms with Gasteiger partial charge in [-0.1, -0.05) is 6.42 Å². The third-order valence-corrected chi connectivity index (χ3v) is 3.85. The van der Waals surface area contributed by atoms with Crippen LogP contribution >= 0.6 is 0 Å². The van der Waals surface area contributed by atoms with Crippen molar-refractivity contribution in [3.63, 3.8) is 0 Å². The maximum Gasteiger partial charge on any atom is 0.312 e. The highest BCUT2D eigenvalue weighted by molar-refractivity contribution is 5.78. The van der Waals surface area contributed by atoms with Gasteiger partial charge in [-0.15, -0.1) is 0 Å². The number of fused-ring (bicyclic) bond motifs is 1. The van der Waals surface area contributed by atoms with Crippen LogP contribution in [0.3, 0.4) is 0 Å². The van der Waals surface area contributed by atoms with E-state index in [1.165, 1.54) is 0 Å². The maximum atomic E-state index is 11.9. The molecular weight excluding hydrogens is 178 g/mol. The molecule has 14 heavy (non-hydrogen) atoms. The highest BCUT2D eigenvalue weighted by Crippen LogP contribution is 2.54. The van der Waals surface area contributed by atoms with Crippen LogP contribution in [0.25, 0.3) is 0 Å². The Kier molecular flexibility index (Phi) is 2.52. The van der Waals surface area contributed by atoms with Crippen LogP contribution in [-0.4, -0.2) is 18.6 Å². The Labute approximate surface area is 85.0 Å². The molecule has 80 valence electrons. The maximum absolute atomic E-state index is 11.9. The molecule has 0 spiro atoms. The lowest BCUT2D eigenvalue weighted by molar-refractivity contribution is -0.156. The minimum absolute atomic E-state index is 0.00968. The molecule has 0 radical (unpaired) electrons. The minimum atomic E-state index is -0.199. The van der Waals surface area contributed by atoms with Gasteiger partial charge in [0, 0.05) is 6.04 Å². The first-order valence-corrected chi connectivity index (χ1v) is 5.62. The van der Waals surface area contributed by atoms with Gasteiger partial charge in [-0.2, -0.15) is 0 Å². The summed E-state index contributed by atoms with van der Waals surface area (Å²) in [6, 6.07) is 0.213. The molecule has 2 rings (SSSR count). The van der Waals surface area contributed by atoms with Crippen molar-refractivity contribution >= 4 is 5.97 Å². The Morgan fingerprint density at radius 2 is 2.43 bits per heavy atom. The topological polar surface area (TPSA) is 52.3 Å². The largest absolute Gasteiger partial charge is 0.466 e. The highest BCUT2D eigenvalue weighted by Gasteiger charge is 2.54. The molecular formula is C11H19NO2. The SMILES string of the molecule is CCOC(=O)[C@@]12CCC[C@@H]1C[C@@H](N)C2. The Bertz CT molecular complexity index is 241. The van der Waals surface area contributed by atoms with Crippen LogP contribution in [0.15, 0.2) is 0 Å². The second kappa shape index (κ2) is 3.54. The molecule has 0 aromatic rings. The summed E-state index contributed by atoms with van der Waals surface area (Å²) in [5, 5.41) is 0. The summed E-state index contributed by atoms with van der Waals surface area (Å²) in [4.78, 5) is 11.9. The van der Waals surface area contributed by atoms with E-state index < -0.39 is 0 Å². The van der Waals surface area contributed by atoms with Crippen LogP contribution in [0, 0.1) is 11.3 Å². The molecule has 0 unspecified atom stereocenters. The van der Waals surface area contributed by atoms with E-state index in [-0.39, 0.29) is 17.4 Å². The van der Waals surface area contributed by atoms with Crippen molar-refractivity contribution in [2.75, 3.05) is 6.61 Å². The first-order valence-electron chi connectivity index (χ1n) is 5.62. The van der Waals surface area contributed by atoms with Crippen molar-refractivity contribution in [2.45, 2.75) is 45.1 Å². The smallest absolute Gasteiger partial charge is 0.312 e. The summed E-state index contributed by atoms with van der Waals surface area (Å²) in [5.41, 5.74) is 5.74. The fraction of sp³-hybridized carbons (Fsp3) is 0.909. The standard InChI is InChI=1S/C11H19NO2/c1-2-14-10(13)11-5-3-4-8(11)6-9(12)7-11/h8-9H,2-7,12H2,1H3/t8-,9-,11-/m1/s1. The molecule has 2 N–H and O–H groups in total. The zero-order chi connectivity index (χ0) is 10.2. The zero-order valence-electron chi connectivity index (χ0n) is 8.79. The van der Waals surface area contributed by atoms with Gasteiger partial charge in [-0.3, -0.25) is 4.79 Å². The Balaban J connectivity index is 2.15. The molecule has 3 heteroatoms. The third-order valence-electron chi connectivity index (χ3n) is 3.85. The van der Waals surface area contributed by atoms with E-state index in [1.807, 2.05) is 6.92 Å². The Morgan fingerprint density at radius 1 is 1.64 bits per heavy atom. The molecule has 2 fully saturated rings. The van der Waals surface area contributed by atoms with Crippen LogP contribution in [-0.2, 0) is 9.53 Å². The zero-order valence-corrected chi connectivity index (χ0v) is 8.79. The molecule has 2 saturated carbocycles. The minimum Gasteiger partial charge on any atom is -0.466 e. The second-order valence-corrected chi connectivity index (χ2v) is 4.67. The fourth-order valence-electron chi connectivity index (χ4n) is 3.30. The van der Waals surface area contributed by atoms with Crippen molar-refractivity contribution < 1.29 is 9.53 Å². The van der Waals surface area contributed by atoms with Gasteiger partial charge in [0.1, 0.15) is 0 Å². The van der Waals surface area contributed by atoms with Gasteiger partial charge >= 0.3 is 5.97 Å². The molecule has 3 atom stereocenters. The van der Waals surface area contributed by atoms with E-state index in [1.54, 1.807) is 0 Å². The molecule has 0 amide bonds. The second-order valence-electron chi connectivity index (χ2n) is 4.67. The number of carbonyl (C=O) groups is 1. The van der Waals surface area contributed by atoms with Gasteiger partial charge < -0.3 is 10.5 Å². The van der Waals surface area contributed by atoms with Crippen molar-refractivity contribution in [3.8, 4) is 0 Å². The van der Waals surface area contributed by atoms with Gasteiger partial charge in [0.05, 0.1) is 12.0 Å². The molecule has 0 aliphatic heterocycles. The van der Waals surface area contributed by atoms with E-state index in [0.717, 1.165) is 32.1 Å². The van der Waals surface area contributed by atoms with E-state index in [9.17, 15) is 4.79 Å². The predicted molar refractivity (Wildman–Crippen MR) is 53.6 cm³/mol. The summed E-state index contributed by atoms with van der Waals surface area (Å²) in [6.45, 7) is 2.36. The van der Waals surface area contributed by atoms with Gasteiger partial charge in [-0.25, -0.2) is 0 Å². The number of nitrogens with two attached hydrogens (primary N) is 1. The first-order chi connectivity index (χ1) is 6.69. The number of carbonyl (C=O) groups excluding carboxylic acids is 1. The fourth-order valence-corrected chi connectivity index (χ4v) is 3.30. The van der Waals surface area contributed by atoms with E-state index in [2.05, 4.69) is 0 Å². The van der Waals surface area contributed by atoms with Crippen molar-refractivity contribution in [2.24, 2.45) is 17.1 Å². The van der Waals surface area contributed by atoms with Crippen molar-refractivity contribution in [3.05, 3.63) is 0 Å². The summed E-state index contributed by atoms with van der Waals surface area (Å²) >= 11 is 0. The van der Waals surface area contributed by atoms with Gasteiger partial charge in [-0.05, 0) is 38.5 Å². The van der Waals surface area contributed by atoms with E-state index in [4.69, 9.17) is 10.5 Å². The third kappa shape index (κ3) is 1.34. The molecule has 3 nitrogen and oxygen atoms in total. The lowest BCUT2D eigenvalue weighted by atomic mass is 9.80. The van der Waals surface area contributed by atoms with Crippen LogP contribution in [0.4, 0.5) is 0 Å². The van der Waals surface area contributed by atoms with Gasteiger partial charge in [0.2, 0.25) is 0 Å². The molecule has 0 heterocycles. The average molecular weight is 197 g/mol. The molecule has 0 bridgehead atoms. The number of hydrogen-bond donors (Lipinski definition) is 1. The molecule has 2 aliphatic carbocycles. The number of esters is 1. The average Bonchev–Trinajstić information content (AvgIpc) is 2.61. The van der Waals surface area contributed by atoms with Crippen molar-refractivity contribution in [1.29, 1.82) is 0 Å². The van der Waals surface area contributed by atoms with Gasteiger partial charge in [0.25, 0.3) is 0 Å². The molecule has 0 aromatic heterocycles. The number of ether oxygens (including phenoxy) is 1. The monoisotopic (exact) mass is 197 g/mol. The van der Waals surface area contributed by atoms with Crippen LogP contribution in [0.5, 0.6) is 0 Å². The normalized spacial score (nSPS) is 41.0. The van der Waals surface area contributed by atoms with Crippen LogP contribution in [0.2, 0.25) is 0 Å². The van der Waals surface area contributed by atoms with Crippen LogP contribution < -0.4 is 5.73 Å². The predicted octanol–water partition coefficient (Wildman–Crippen LogP) is 1.46. The van der Waals surface area contributed by atoms with Crippen molar-refractivity contribution in [1.82, 2.24) is 0 Å². The summed E-state index contributed by atoms with van der Waals surface area (Å²) in [6.07, 6.45) is 5.17. The summed E-state index contributed by atoms with van der Waals surface area (Å²) in [7, 11) is 0. The summed E-state index contributed by atoms with van der Waals surface area (Å²) < 4.78 is 5.18. The first kappa shape index (κ1) is 9.97. The van der Waals surface area contributed by atoms with Gasteiger partial charge in [0.15, 0.2) is 0 Å². The Hall–Kier alpha value is -0.570. The summed E-state index contributed by atoms with van der Waals surface area (Å²) in [5.74, 6) is 0.506. The Morgan fingerprint density at radius 3 is 3.14 bits per heavy atom. The number of rotatable bonds is 2.